The summed E-state index contributed by atoms with van der Waals surface area (Å²) in [5.74, 6) is 0.107. The maximum Gasteiger partial charge on any atom is 0.238 e. The molecule has 0 aromatic carbocycles. The Balaban J connectivity index is 4.57. The first-order chi connectivity index (χ1) is 9.08. The summed E-state index contributed by atoms with van der Waals surface area (Å²) < 4.78 is 0. The zero-order chi connectivity index (χ0) is 14.7. The number of nitrogens with zero attached hydrogens (tertiary/aromatic N) is 2. The van der Waals surface area contributed by atoms with E-state index in [9.17, 15) is 4.79 Å². The molecule has 0 saturated heterocycles. The average Bonchev–Trinajstić information content (AvgIpc) is 2.35. The summed E-state index contributed by atoms with van der Waals surface area (Å²) in [6.45, 7) is 17.8. The summed E-state index contributed by atoms with van der Waals surface area (Å²) in [6.07, 6.45) is 5.84. The highest BCUT2D eigenvalue weighted by Crippen LogP contribution is 2.07. The van der Waals surface area contributed by atoms with E-state index in [1.54, 1.807) is 23.2 Å². The fourth-order valence-electron chi connectivity index (χ4n) is 1.83. The van der Waals surface area contributed by atoms with E-state index in [1.165, 1.54) is 0 Å². The third-order valence-corrected chi connectivity index (χ3v) is 2.53. The number of carbonyl (C=O) groups excluding carboxylic acids is 1. The smallest absolute Gasteiger partial charge is 0.238 e. The number of carbonyl (C=O) groups is 1. The molecular weight excluding hydrogens is 238 g/mol. The van der Waals surface area contributed by atoms with Gasteiger partial charge in [-0.25, -0.2) is 5.01 Å². The lowest BCUT2D eigenvalue weighted by Gasteiger charge is -2.37. The minimum absolute atomic E-state index is 0.107. The number of rotatable bonds is 11. The summed E-state index contributed by atoms with van der Waals surface area (Å²) in [4.78, 5) is 12.3. The van der Waals surface area contributed by atoms with Gasteiger partial charge in [0.1, 0.15) is 0 Å². The summed E-state index contributed by atoms with van der Waals surface area (Å²) in [7, 11) is 0. The van der Waals surface area contributed by atoms with Gasteiger partial charge in [0.25, 0.3) is 0 Å². The Morgan fingerprint density at radius 1 is 1.16 bits per heavy atom. The molecular formula is C15H27N3O. The molecule has 1 N–H and O–H groups in total. The van der Waals surface area contributed by atoms with Gasteiger partial charge in [0.2, 0.25) is 5.91 Å². The van der Waals surface area contributed by atoms with Crippen molar-refractivity contribution in [1.29, 1.82) is 0 Å². The van der Waals surface area contributed by atoms with Crippen LogP contribution in [-0.2, 0) is 4.79 Å². The summed E-state index contributed by atoms with van der Waals surface area (Å²) in [6, 6.07) is 0.117. The van der Waals surface area contributed by atoms with Gasteiger partial charge in [-0.15, -0.1) is 19.7 Å². The molecule has 0 bridgehead atoms. The molecule has 0 radical (unpaired) electrons. The highest BCUT2D eigenvalue weighted by molar-refractivity contribution is 5.76. The molecule has 0 fully saturated rings. The fourth-order valence-corrected chi connectivity index (χ4v) is 1.83. The number of nitrogens with one attached hydrogen (secondary N) is 1. The van der Waals surface area contributed by atoms with Crippen molar-refractivity contribution in [1.82, 2.24) is 15.3 Å². The van der Waals surface area contributed by atoms with E-state index in [0.29, 0.717) is 26.1 Å². The Bertz CT molecular complexity index is 290. The van der Waals surface area contributed by atoms with Crippen LogP contribution >= 0.6 is 0 Å². The van der Waals surface area contributed by atoms with Gasteiger partial charge in [-0.2, -0.15) is 0 Å². The van der Waals surface area contributed by atoms with Crippen LogP contribution in [0.2, 0.25) is 0 Å². The molecule has 0 aliphatic heterocycles. The van der Waals surface area contributed by atoms with E-state index in [4.69, 9.17) is 0 Å². The third-order valence-electron chi connectivity index (χ3n) is 2.53. The van der Waals surface area contributed by atoms with Gasteiger partial charge in [0.15, 0.2) is 0 Å². The molecule has 19 heavy (non-hydrogen) atoms. The topological polar surface area (TPSA) is 35.6 Å². The van der Waals surface area contributed by atoms with Crippen LogP contribution in [-0.4, -0.2) is 48.1 Å². The second kappa shape index (κ2) is 10.5. The van der Waals surface area contributed by atoms with E-state index in [0.717, 1.165) is 6.54 Å². The summed E-state index contributed by atoms with van der Waals surface area (Å²) in [5.41, 5.74) is 0. The molecule has 0 aromatic heterocycles. The molecule has 0 aliphatic rings. The normalized spacial score (nSPS) is 10.5. The molecule has 0 aliphatic carbocycles. The third kappa shape index (κ3) is 6.94. The molecule has 4 nitrogen and oxygen atoms in total. The maximum atomic E-state index is 12.3. The van der Waals surface area contributed by atoms with Gasteiger partial charge in [-0.3, -0.25) is 9.80 Å². The molecule has 0 saturated carbocycles. The van der Waals surface area contributed by atoms with E-state index >= 15 is 0 Å². The molecule has 0 spiro atoms. The van der Waals surface area contributed by atoms with Gasteiger partial charge in [-0.1, -0.05) is 18.2 Å². The van der Waals surface area contributed by atoms with Crippen molar-refractivity contribution in [3.05, 3.63) is 38.0 Å². The van der Waals surface area contributed by atoms with E-state index in [2.05, 4.69) is 25.1 Å². The van der Waals surface area contributed by atoms with Crippen molar-refractivity contribution < 1.29 is 4.79 Å². The molecule has 1 amide bonds. The van der Waals surface area contributed by atoms with Crippen molar-refractivity contribution in [2.45, 2.75) is 26.3 Å². The number of hydrazine groups is 1. The summed E-state index contributed by atoms with van der Waals surface area (Å²) in [5, 5.41) is 6.89. The number of hydrogen-bond donors (Lipinski definition) is 1. The van der Waals surface area contributed by atoms with E-state index < -0.39 is 0 Å². The van der Waals surface area contributed by atoms with Crippen LogP contribution in [0.25, 0.3) is 0 Å². The van der Waals surface area contributed by atoms with Crippen molar-refractivity contribution in [3.8, 4) is 0 Å². The minimum atomic E-state index is 0.107. The summed E-state index contributed by atoms with van der Waals surface area (Å²) >= 11 is 0. The molecule has 108 valence electrons. The molecule has 0 unspecified atom stereocenters. The predicted molar refractivity (Wildman–Crippen MR) is 81.6 cm³/mol. The highest BCUT2D eigenvalue weighted by Gasteiger charge is 2.22. The highest BCUT2D eigenvalue weighted by atomic mass is 16.2. The first-order valence-corrected chi connectivity index (χ1v) is 6.68. The van der Waals surface area contributed by atoms with Crippen LogP contribution in [0.5, 0.6) is 0 Å². The molecule has 0 rings (SSSR count). The quantitative estimate of drug-likeness (QED) is 0.352. The lowest BCUT2D eigenvalue weighted by molar-refractivity contribution is -0.151. The zero-order valence-corrected chi connectivity index (χ0v) is 12.3. The van der Waals surface area contributed by atoms with Crippen molar-refractivity contribution >= 4 is 5.91 Å². The second-order valence-electron chi connectivity index (χ2n) is 4.52. The Morgan fingerprint density at radius 3 is 2.16 bits per heavy atom. The van der Waals surface area contributed by atoms with E-state index in [-0.39, 0.29) is 11.9 Å². The van der Waals surface area contributed by atoms with Crippen molar-refractivity contribution in [2.24, 2.45) is 0 Å². The molecule has 0 atom stereocenters. The first kappa shape index (κ1) is 17.6. The van der Waals surface area contributed by atoms with Gasteiger partial charge in [0, 0.05) is 38.6 Å². The van der Waals surface area contributed by atoms with Crippen LogP contribution in [0.3, 0.4) is 0 Å². The van der Waals surface area contributed by atoms with Crippen LogP contribution in [0.1, 0.15) is 20.3 Å². The SMILES string of the molecule is C=CCNCCC(=O)N(C(C)C)N(CC=C)CC=C. The van der Waals surface area contributed by atoms with Gasteiger partial charge in [-0.05, 0) is 13.8 Å². The number of amides is 1. The average molecular weight is 265 g/mol. The Kier molecular flexibility index (Phi) is 9.75. The van der Waals surface area contributed by atoms with Gasteiger partial charge >= 0.3 is 0 Å². The molecule has 0 heterocycles. The predicted octanol–water partition coefficient (Wildman–Crippen LogP) is 1.98. The first-order valence-electron chi connectivity index (χ1n) is 6.68. The minimum Gasteiger partial charge on any atom is -0.313 e. The van der Waals surface area contributed by atoms with Crippen molar-refractivity contribution in [3.63, 3.8) is 0 Å². The standard InChI is InChI=1S/C15H27N3O/c1-6-10-16-11-9-15(19)18(14(4)5)17(12-7-2)13-8-3/h6-8,14,16H,1-3,9-13H2,4-5H3. The lowest BCUT2D eigenvalue weighted by atomic mass is 10.3. The van der Waals surface area contributed by atoms with Crippen molar-refractivity contribution in [2.75, 3.05) is 26.2 Å². The Morgan fingerprint density at radius 2 is 1.74 bits per heavy atom. The second-order valence-corrected chi connectivity index (χ2v) is 4.52. The van der Waals surface area contributed by atoms with Gasteiger partial charge < -0.3 is 5.32 Å². The van der Waals surface area contributed by atoms with Crippen LogP contribution in [0.4, 0.5) is 0 Å². The molecule has 4 heteroatoms. The van der Waals surface area contributed by atoms with Gasteiger partial charge in [0.05, 0.1) is 0 Å². The molecule has 0 aromatic rings. The number of hydrogen-bond acceptors (Lipinski definition) is 3. The zero-order valence-electron chi connectivity index (χ0n) is 12.3. The van der Waals surface area contributed by atoms with E-state index in [1.807, 2.05) is 18.9 Å². The fraction of sp³-hybridized carbons (Fsp3) is 0.533. The monoisotopic (exact) mass is 265 g/mol. The largest absolute Gasteiger partial charge is 0.313 e. The van der Waals surface area contributed by atoms with Crippen LogP contribution in [0, 0.1) is 0 Å². The maximum absolute atomic E-state index is 12.3. The Labute approximate surface area is 117 Å². The Hall–Kier alpha value is -1.39. The van der Waals surface area contributed by atoms with Crippen LogP contribution < -0.4 is 5.32 Å². The lowest BCUT2D eigenvalue weighted by Crippen LogP contribution is -2.51. The van der Waals surface area contributed by atoms with Crippen LogP contribution in [0.15, 0.2) is 38.0 Å².